The molecule has 0 aromatic carbocycles. The highest BCUT2D eigenvalue weighted by atomic mass is 16.4. The van der Waals surface area contributed by atoms with Crippen LogP contribution >= 0.6 is 0 Å². The van der Waals surface area contributed by atoms with E-state index < -0.39 is 5.97 Å². The van der Waals surface area contributed by atoms with Crippen LogP contribution < -0.4 is 10.9 Å². The maximum Gasteiger partial charge on any atom is 0.324 e. The highest BCUT2D eigenvalue weighted by Gasteiger charge is 2.29. The Kier molecular flexibility index (Phi) is 2.09. The lowest BCUT2D eigenvalue weighted by Crippen LogP contribution is -2.48. The van der Waals surface area contributed by atoms with Crippen molar-refractivity contribution < 1.29 is 14.7 Å². The van der Waals surface area contributed by atoms with Crippen molar-refractivity contribution in [3.8, 4) is 0 Å². The molecule has 0 saturated carbocycles. The average Bonchev–Trinajstić information content (AvgIpc) is 2.45. The highest BCUT2D eigenvalue weighted by molar-refractivity contribution is 5.90. The minimum absolute atomic E-state index is 0.214. The fraction of sp³-hybridized carbons (Fsp3) is 0.250. The summed E-state index contributed by atoms with van der Waals surface area (Å²) in [5.41, 5.74) is 3.35. The van der Waals surface area contributed by atoms with Crippen molar-refractivity contribution in [3.63, 3.8) is 0 Å². The standard InChI is InChI=1S/C8H10N4O3/c1-5-2-7(13)12-6(9-5)3-11(10-12)4-8(14)15/h2-3,9-10H,4H2,1H3,(H,14,15). The fourth-order valence-electron chi connectivity index (χ4n) is 1.39. The number of allylic oxidation sites excluding steroid dienone is 1. The van der Waals surface area contributed by atoms with E-state index in [-0.39, 0.29) is 12.5 Å². The van der Waals surface area contributed by atoms with Crippen molar-refractivity contribution in [3.05, 3.63) is 23.8 Å². The van der Waals surface area contributed by atoms with Crippen LogP contribution in [0.2, 0.25) is 0 Å². The third kappa shape index (κ3) is 1.77. The summed E-state index contributed by atoms with van der Waals surface area (Å²) in [5, 5.41) is 14.1. The summed E-state index contributed by atoms with van der Waals surface area (Å²) in [6, 6.07) is 0. The van der Waals surface area contributed by atoms with Crippen LogP contribution in [-0.2, 0) is 9.59 Å². The van der Waals surface area contributed by atoms with Crippen molar-refractivity contribution >= 4 is 11.9 Å². The Morgan fingerprint density at radius 3 is 3.00 bits per heavy atom. The van der Waals surface area contributed by atoms with Gasteiger partial charge in [0, 0.05) is 11.8 Å². The second-order valence-corrected chi connectivity index (χ2v) is 3.26. The molecule has 15 heavy (non-hydrogen) atoms. The third-order valence-corrected chi connectivity index (χ3v) is 1.94. The molecule has 0 bridgehead atoms. The topological polar surface area (TPSA) is 84.9 Å². The largest absolute Gasteiger partial charge is 0.480 e. The van der Waals surface area contributed by atoms with Gasteiger partial charge in [-0.05, 0) is 6.92 Å². The lowest BCUT2D eigenvalue weighted by atomic mass is 10.3. The minimum Gasteiger partial charge on any atom is -0.480 e. The van der Waals surface area contributed by atoms with E-state index in [4.69, 9.17) is 5.11 Å². The van der Waals surface area contributed by atoms with Gasteiger partial charge in [-0.15, -0.1) is 5.53 Å². The summed E-state index contributed by atoms with van der Waals surface area (Å²) in [7, 11) is 0. The number of nitrogens with one attached hydrogen (secondary N) is 2. The predicted octanol–water partition coefficient (Wildman–Crippen LogP) is -1.06. The summed E-state index contributed by atoms with van der Waals surface area (Å²) in [6.07, 6.45) is 2.96. The summed E-state index contributed by atoms with van der Waals surface area (Å²) < 4.78 is 0. The van der Waals surface area contributed by atoms with Crippen LogP contribution in [0, 0.1) is 0 Å². The first-order chi connectivity index (χ1) is 7.06. The fourth-order valence-corrected chi connectivity index (χ4v) is 1.39. The Hall–Kier alpha value is -2.02. The lowest BCUT2D eigenvalue weighted by Gasteiger charge is -2.24. The van der Waals surface area contributed by atoms with E-state index in [1.165, 1.54) is 22.3 Å². The summed E-state index contributed by atoms with van der Waals surface area (Å²) in [6.45, 7) is 1.55. The number of amides is 1. The second kappa shape index (κ2) is 3.28. The zero-order chi connectivity index (χ0) is 11.0. The van der Waals surface area contributed by atoms with Gasteiger partial charge in [0.05, 0.1) is 6.20 Å². The van der Waals surface area contributed by atoms with E-state index in [9.17, 15) is 9.59 Å². The van der Waals surface area contributed by atoms with Crippen molar-refractivity contribution in [1.82, 2.24) is 20.9 Å². The zero-order valence-corrected chi connectivity index (χ0v) is 8.02. The predicted molar refractivity (Wildman–Crippen MR) is 49.3 cm³/mol. The molecule has 0 saturated heterocycles. The smallest absolute Gasteiger partial charge is 0.324 e. The monoisotopic (exact) mass is 210 g/mol. The van der Waals surface area contributed by atoms with Gasteiger partial charge >= 0.3 is 5.97 Å². The summed E-state index contributed by atoms with van der Waals surface area (Å²) in [5.74, 6) is -0.678. The quantitative estimate of drug-likeness (QED) is 0.538. The van der Waals surface area contributed by atoms with Gasteiger partial charge in [-0.3, -0.25) is 14.6 Å². The van der Waals surface area contributed by atoms with Gasteiger partial charge in [0.15, 0.2) is 0 Å². The van der Waals surface area contributed by atoms with Crippen LogP contribution in [0.4, 0.5) is 0 Å². The minimum atomic E-state index is -0.976. The van der Waals surface area contributed by atoms with Gasteiger partial charge in [-0.1, -0.05) is 0 Å². The van der Waals surface area contributed by atoms with Crippen molar-refractivity contribution in [1.29, 1.82) is 0 Å². The molecule has 0 spiro atoms. The zero-order valence-electron chi connectivity index (χ0n) is 8.02. The molecule has 0 radical (unpaired) electrons. The van der Waals surface area contributed by atoms with Crippen LogP contribution in [0.15, 0.2) is 23.8 Å². The first-order valence-electron chi connectivity index (χ1n) is 4.32. The number of hydrogen-bond donors (Lipinski definition) is 3. The van der Waals surface area contributed by atoms with Gasteiger partial charge in [-0.25, -0.2) is 5.01 Å². The van der Waals surface area contributed by atoms with Crippen LogP contribution in [-0.4, -0.2) is 33.5 Å². The van der Waals surface area contributed by atoms with Crippen LogP contribution in [0.1, 0.15) is 6.92 Å². The van der Waals surface area contributed by atoms with Gasteiger partial charge in [0.2, 0.25) is 0 Å². The number of hydrogen-bond acceptors (Lipinski definition) is 5. The molecule has 0 aliphatic carbocycles. The number of carboxylic acids is 1. The molecule has 2 rings (SSSR count). The number of carbonyl (C=O) groups is 2. The SMILES string of the molecule is CC1=CC(=O)N2NN(CC(=O)O)C=C2N1. The molecule has 2 aliphatic heterocycles. The maximum absolute atomic E-state index is 11.4. The maximum atomic E-state index is 11.4. The van der Waals surface area contributed by atoms with Crippen LogP contribution in [0.5, 0.6) is 0 Å². The highest BCUT2D eigenvalue weighted by Crippen LogP contribution is 2.14. The van der Waals surface area contributed by atoms with Gasteiger partial charge in [0.25, 0.3) is 5.91 Å². The first kappa shape index (κ1) is 9.53. The van der Waals surface area contributed by atoms with Gasteiger partial charge in [0.1, 0.15) is 12.4 Å². The molecule has 3 N–H and O–H groups in total. The molecule has 2 aliphatic rings. The Morgan fingerprint density at radius 1 is 1.60 bits per heavy atom. The van der Waals surface area contributed by atoms with Crippen molar-refractivity contribution in [2.75, 3.05) is 6.54 Å². The van der Waals surface area contributed by atoms with Crippen molar-refractivity contribution in [2.45, 2.75) is 6.92 Å². The van der Waals surface area contributed by atoms with E-state index in [1.807, 2.05) is 0 Å². The van der Waals surface area contributed by atoms with Crippen molar-refractivity contribution in [2.24, 2.45) is 0 Å². The Labute approximate surface area is 85.6 Å². The number of hydrazine groups is 2. The second-order valence-electron chi connectivity index (χ2n) is 3.26. The number of carbonyl (C=O) groups excluding carboxylic acids is 1. The van der Waals surface area contributed by atoms with Crippen LogP contribution in [0.3, 0.4) is 0 Å². The molecule has 0 aromatic heterocycles. The molecule has 1 amide bonds. The Morgan fingerprint density at radius 2 is 2.33 bits per heavy atom. The molecule has 0 unspecified atom stereocenters. The molecule has 0 atom stereocenters. The van der Waals surface area contributed by atoms with E-state index in [2.05, 4.69) is 10.9 Å². The summed E-state index contributed by atoms with van der Waals surface area (Å²) >= 11 is 0. The number of aliphatic carboxylic acids is 1. The van der Waals surface area contributed by atoms with E-state index in [1.54, 1.807) is 6.92 Å². The Bertz CT molecular complexity index is 387. The van der Waals surface area contributed by atoms with Gasteiger partial charge in [-0.2, -0.15) is 0 Å². The van der Waals surface area contributed by atoms with Gasteiger partial charge < -0.3 is 10.4 Å². The van der Waals surface area contributed by atoms with Crippen LogP contribution in [0.25, 0.3) is 0 Å². The average molecular weight is 210 g/mol. The molecule has 7 nitrogen and oxygen atoms in total. The van der Waals surface area contributed by atoms with E-state index in [0.717, 1.165) is 5.70 Å². The molecular weight excluding hydrogens is 200 g/mol. The third-order valence-electron chi connectivity index (χ3n) is 1.94. The molecule has 80 valence electrons. The van der Waals surface area contributed by atoms with E-state index in [0.29, 0.717) is 5.82 Å². The first-order valence-corrected chi connectivity index (χ1v) is 4.32. The number of fused-ring (bicyclic) bond motifs is 1. The summed E-state index contributed by atoms with van der Waals surface area (Å²) in [4.78, 5) is 21.9. The molecule has 2 heterocycles. The lowest BCUT2D eigenvalue weighted by molar-refractivity contribution is -0.140. The Balaban J connectivity index is 2.13. The number of rotatable bonds is 2. The number of carboxylic acid groups (broad SMARTS) is 1. The molecular formula is C8H10N4O3. The molecule has 0 fully saturated rings. The molecule has 0 aromatic rings. The number of nitrogens with zero attached hydrogens (tertiary/aromatic N) is 2. The molecule has 7 heteroatoms. The van der Waals surface area contributed by atoms with E-state index >= 15 is 0 Å². The normalized spacial score (nSPS) is 19.4.